The smallest absolute Gasteiger partial charge is 0.262 e. The summed E-state index contributed by atoms with van der Waals surface area (Å²) in [5, 5.41) is 2.85. The first-order valence-electron chi connectivity index (χ1n) is 7.27. The van der Waals surface area contributed by atoms with Crippen molar-refractivity contribution in [1.82, 2.24) is 0 Å². The van der Waals surface area contributed by atoms with E-state index in [0.717, 1.165) is 16.8 Å². The van der Waals surface area contributed by atoms with Crippen molar-refractivity contribution in [2.45, 2.75) is 13.8 Å². The Balaban J connectivity index is 2.11. The van der Waals surface area contributed by atoms with Crippen molar-refractivity contribution in [3.8, 4) is 11.5 Å². The number of carbonyl (C=O) groups is 2. The van der Waals surface area contributed by atoms with Gasteiger partial charge in [-0.3, -0.25) is 9.59 Å². The number of rotatable bonds is 6. The second-order valence-electron chi connectivity index (χ2n) is 5.26. The van der Waals surface area contributed by atoms with Crippen LogP contribution >= 0.6 is 15.9 Å². The van der Waals surface area contributed by atoms with Gasteiger partial charge in [-0.15, -0.1) is 0 Å². The summed E-state index contributed by atoms with van der Waals surface area (Å²) in [4.78, 5) is 23.1. The molecular weight excluding hydrogens is 374 g/mol. The molecule has 0 aromatic heterocycles. The summed E-state index contributed by atoms with van der Waals surface area (Å²) in [6, 6.07) is 8.96. The molecule has 6 heteroatoms. The molecule has 0 aliphatic heterocycles. The van der Waals surface area contributed by atoms with Crippen LogP contribution in [-0.4, -0.2) is 25.9 Å². The summed E-state index contributed by atoms with van der Waals surface area (Å²) in [6.45, 7) is 3.69. The molecule has 0 aliphatic carbocycles. The number of methoxy groups -OCH3 is 1. The second-order valence-corrected chi connectivity index (χ2v) is 6.11. The van der Waals surface area contributed by atoms with Crippen molar-refractivity contribution in [3.63, 3.8) is 0 Å². The van der Waals surface area contributed by atoms with Crippen LogP contribution in [0.25, 0.3) is 0 Å². The van der Waals surface area contributed by atoms with Gasteiger partial charge in [0.1, 0.15) is 6.29 Å². The van der Waals surface area contributed by atoms with Crippen LogP contribution in [0.2, 0.25) is 0 Å². The van der Waals surface area contributed by atoms with Crippen LogP contribution in [0.5, 0.6) is 11.5 Å². The van der Waals surface area contributed by atoms with Crippen LogP contribution in [0, 0.1) is 13.8 Å². The van der Waals surface area contributed by atoms with Crippen molar-refractivity contribution in [1.29, 1.82) is 0 Å². The Morgan fingerprint density at radius 3 is 2.50 bits per heavy atom. The van der Waals surface area contributed by atoms with E-state index in [4.69, 9.17) is 9.47 Å². The molecule has 0 atom stereocenters. The number of carbonyl (C=O) groups excluding carboxylic acids is 2. The lowest BCUT2D eigenvalue weighted by Crippen LogP contribution is -2.21. The van der Waals surface area contributed by atoms with Gasteiger partial charge in [0.2, 0.25) is 0 Å². The molecule has 2 aromatic rings. The minimum Gasteiger partial charge on any atom is -0.493 e. The van der Waals surface area contributed by atoms with Crippen molar-refractivity contribution < 1.29 is 19.1 Å². The third-order valence-electron chi connectivity index (χ3n) is 3.48. The lowest BCUT2D eigenvalue weighted by atomic mass is 10.1. The fraction of sp³-hybridized carbons (Fsp3) is 0.222. The maximum absolute atomic E-state index is 12.2. The van der Waals surface area contributed by atoms with Crippen LogP contribution in [0.1, 0.15) is 21.5 Å². The number of anilines is 1. The molecule has 0 fully saturated rings. The van der Waals surface area contributed by atoms with E-state index >= 15 is 0 Å². The van der Waals surface area contributed by atoms with Crippen molar-refractivity contribution >= 4 is 33.8 Å². The summed E-state index contributed by atoms with van der Waals surface area (Å²) < 4.78 is 11.3. The van der Waals surface area contributed by atoms with Crippen LogP contribution < -0.4 is 14.8 Å². The zero-order valence-corrected chi connectivity index (χ0v) is 15.3. The molecule has 24 heavy (non-hydrogen) atoms. The van der Waals surface area contributed by atoms with Gasteiger partial charge >= 0.3 is 0 Å². The molecule has 0 unspecified atom stereocenters. The number of halogens is 1. The molecule has 0 saturated carbocycles. The molecule has 1 N–H and O–H groups in total. The van der Waals surface area contributed by atoms with Crippen LogP contribution in [-0.2, 0) is 4.79 Å². The number of aryl methyl sites for hydroxylation is 2. The molecule has 5 nitrogen and oxygen atoms in total. The molecule has 1 amide bonds. The maximum atomic E-state index is 12.2. The Labute approximate surface area is 149 Å². The fourth-order valence-corrected chi connectivity index (χ4v) is 2.85. The van der Waals surface area contributed by atoms with E-state index in [2.05, 4.69) is 21.2 Å². The second kappa shape index (κ2) is 7.97. The number of para-hydroxylation sites is 1. The summed E-state index contributed by atoms with van der Waals surface area (Å²) in [7, 11) is 1.47. The molecule has 0 bridgehead atoms. The number of amides is 1. The van der Waals surface area contributed by atoms with Gasteiger partial charge in [0.05, 0.1) is 11.6 Å². The predicted octanol–water partition coefficient (Wildman–Crippen LogP) is 3.90. The quantitative estimate of drug-likeness (QED) is 0.758. The predicted molar refractivity (Wildman–Crippen MR) is 96.1 cm³/mol. The highest BCUT2D eigenvalue weighted by molar-refractivity contribution is 9.10. The van der Waals surface area contributed by atoms with E-state index < -0.39 is 0 Å². The topological polar surface area (TPSA) is 64.6 Å². The first-order chi connectivity index (χ1) is 11.5. The molecular formula is C18H18BrNO4. The van der Waals surface area contributed by atoms with Crippen molar-refractivity contribution in [2.24, 2.45) is 0 Å². The molecule has 2 rings (SSSR count). The van der Waals surface area contributed by atoms with Gasteiger partial charge < -0.3 is 14.8 Å². The summed E-state index contributed by atoms with van der Waals surface area (Å²) in [5.74, 6) is 0.479. The maximum Gasteiger partial charge on any atom is 0.262 e. The number of aldehydes is 1. The monoisotopic (exact) mass is 391 g/mol. The van der Waals surface area contributed by atoms with Crippen LogP contribution in [0.3, 0.4) is 0 Å². The summed E-state index contributed by atoms with van der Waals surface area (Å²) in [6.07, 6.45) is 0.713. The van der Waals surface area contributed by atoms with Crippen LogP contribution in [0.15, 0.2) is 34.8 Å². The van der Waals surface area contributed by atoms with Gasteiger partial charge in [0, 0.05) is 11.3 Å². The number of benzene rings is 2. The van der Waals surface area contributed by atoms with Gasteiger partial charge in [-0.2, -0.15) is 0 Å². The van der Waals surface area contributed by atoms with Gasteiger partial charge in [-0.05, 0) is 53.0 Å². The minimum atomic E-state index is -0.277. The van der Waals surface area contributed by atoms with Gasteiger partial charge in [0.25, 0.3) is 5.91 Å². The van der Waals surface area contributed by atoms with E-state index in [1.54, 1.807) is 12.1 Å². The molecule has 0 aliphatic rings. The standard InChI is InChI=1S/C18H18BrNO4/c1-11-5-4-6-12(2)17(11)20-16(22)10-24-18-14(19)7-13(9-21)8-15(18)23-3/h4-9H,10H2,1-3H3,(H,20,22). The minimum absolute atomic E-state index is 0.177. The third-order valence-corrected chi connectivity index (χ3v) is 4.07. The number of nitrogens with one attached hydrogen (secondary N) is 1. The third kappa shape index (κ3) is 4.14. The normalized spacial score (nSPS) is 10.2. The van der Waals surface area contributed by atoms with E-state index in [1.165, 1.54) is 7.11 Å². The van der Waals surface area contributed by atoms with Gasteiger partial charge in [0.15, 0.2) is 18.1 Å². The largest absolute Gasteiger partial charge is 0.493 e. The van der Waals surface area contributed by atoms with E-state index in [0.29, 0.717) is 27.8 Å². The van der Waals surface area contributed by atoms with Gasteiger partial charge in [-0.1, -0.05) is 18.2 Å². The van der Waals surface area contributed by atoms with E-state index in [-0.39, 0.29) is 12.5 Å². The molecule has 0 spiro atoms. The highest BCUT2D eigenvalue weighted by Crippen LogP contribution is 2.36. The Bertz CT molecular complexity index is 754. The number of ether oxygens (including phenoxy) is 2. The zero-order valence-electron chi connectivity index (χ0n) is 13.7. The number of hydrogen-bond acceptors (Lipinski definition) is 4. The van der Waals surface area contributed by atoms with Crippen molar-refractivity contribution in [3.05, 3.63) is 51.5 Å². The Hall–Kier alpha value is -2.34. The lowest BCUT2D eigenvalue weighted by molar-refractivity contribution is -0.118. The Morgan fingerprint density at radius 1 is 1.25 bits per heavy atom. The average molecular weight is 392 g/mol. The first kappa shape index (κ1) is 18.0. The SMILES string of the molecule is COc1cc(C=O)cc(Br)c1OCC(=O)Nc1c(C)cccc1C. The van der Waals surface area contributed by atoms with E-state index in [9.17, 15) is 9.59 Å². The van der Waals surface area contributed by atoms with Crippen LogP contribution in [0.4, 0.5) is 5.69 Å². The summed E-state index contributed by atoms with van der Waals surface area (Å²) in [5.41, 5.74) is 3.20. The zero-order chi connectivity index (χ0) is 17.7. The lowest BCUT2D eigenvalue weighted by Gasteiger charge is -2.14. The Morgan fingerprint density at radius 2 is 1.92 bits per heavy atom. The highest BCUT2D eigenvalue weighted by atomic mass is 79.9. The average Bonchev–Trinajstić information content (AvgIpc) is 2.56. The molecule has 0 radical (unpaired) electrons. The van der Waals surface area contributed by atoms with E-state index in [1.807, 2.05) is 32.0 Å². The molecule has 0 saturated heterocycles. The molecule has 126 valence electrons. The highest BCUT2D eigenvalue weighted by Gasteiger charge is 2.14. The summed E-state index contributed by atoms with van der Waals surface area (Å²) >= 11 is 3.32. The molecule has 0 heterocycles. The Kier molecular flexibility index (Phi) is 5.98. The molecule has 2 aromatic carbocycles. The fourth-order valence-electron chi connectivity index (χ4n) is 2.27. The first-order valence-corrected chi connectivity index (χ1v) is 8.07. The van der Waals surface area contributed by atoms with Gasteiger partial charge in [-0.25, -0.2) is 0 Å². The van der Waals surface area contributed by atoms with Crippen molar-refractivity contribution in [2.75, 3.05) is 19.0 Å². The number of hydrogen-bond donors (Lipinski definition) is 1.